The van der Waals surface area contributed by atoms with Crippen LogP contribution in [-0.4, -0.2) is 24.7 Å². The van der Waals surface area contributed by atoms with Gasteiger partial charge in [0.05, 0.1) is 21.2 Å². The molecule has 1 atom stereocenters. The van der Waals surface area contributed by atoms with Crippen molar-refractivity contribution in [2.45, 2.75) is 37.0 Å². The van der Waals surface area contributed by atoms with E-state index in [0.717, 1.165) is 39.2 Å². The molecule has 1 N–H and O–H groups in total. The molecule has 1 aliphatic heterocycles. The number of carbonyl (C=O) groups is 1. The van der Waals surface area contributed by atoms with E-state index in [0.29, 0.717) is 0 Å². The fourth-order valence-corrected chi connectivity index (χ4v) is 5.56. The molecule has 0 spiro atoms. The van der Waals surface area contributed by atoms with Crippen molar-refractivity contribution in [2.24, 2.45) is 0 Å². The molecular formula is C24H20ClF3N2O3S. The van der Waals surface area contributed by atoms with Gasteiger partial charge < -0.3 is 5.32 Å². The van der Waals surface area contributed by atoms with Gasteiger partial charge in [-0.15, -0.1) is 0 Å². The first-order valence-electron chi connectivity index (χ1n) is 10.3. The predicted molar refractivity (Wildman–Crippen MR) is 123 cm³/mol. The molecule has 1 aliphatic rings. The van der Waals surface area contributed by atoms with Gasteiger partial charge in [0.2, 0.25) is 15.9 Å². The number of hydrogen-bond acceptors (Lipinski definition) is 3. The summed E-state index contributed by atoms with van der Waals surface area (Å²) in [4.78, 5) is 13.3. The van der Waals surface area contributed by atoms with Crippen LogP contribution in [0.25, 0.3) is 0 Å². The van der Waals surface area contributed by atoms with E-state index in [4.69, 9.17) is 11.6 Å². The van der Waals surface area contributed by atoms with Gasteiger partial charge in [-0.1, -0.05) is 53.6 Å². The van der Waals surface area contributed by atoms with Crippen LogP contribution in [0, 0.1) is 6.92 Å². The van der Waals surface area contributed by atoms with E-state index in [9.17, 15) is 26.4 Å². The number of nitrogens with zero attached hydrogens (tertiary/aromatic N) is 1. The van der Waals surface area contributed by atoms with Crippen molar-refractivity contribution >= 4 is 33.2 Å². The number of sulfonamides is 1. The van der Waals surface area contributed by atoms with Crippen molar-refractivity contribution in [2.75, 3.05) is 5.32 Å². The zero-order valence-electron chi connectivity index (χ0n) is 17.9. The first-order valence-corrected chi connectivity index (χ1v) is 12.1. The molecule has 0 aliphatic carbocycles. The first kappa shape index (κ1) is 24.3. The highest BCUT2D eigenvalue weighted by Crippen LogP contribution is 2.35. The third kappa shape index (κ3) is 4.82. The minimum absolute atomic E-state index is 0.0207. The monoisotopic (exact) mass is 508 g/mol. The predicted octanol–water partition coefficient (Wildman–Crippen LogP) is 5.42. The fraction of sp³-hybridized carbons (Fsp3) is 0.208. The van der Waals surface area contributed by atoms with Gasteiger partial charge in [-0.2, -0.15) is 17.5 Å². The third-order valence-electron chi connectivity index (χ3n) is 5.69. The largest absolute Gasteiger partial charge is 0.416 e. The first-order chi connectivity index (χ1) is 16.0. The van der Waals surface area contributed by atoms with Crippen molar-refractivity contribution in [1.29, 1.82) is 0 Å². The molecule has 3 aromatic rings. The average Bonchev–Trinajstić information content (AvgIpc) is 2.79. The number of alkyl halides is 3. The van der Waals surface area contributed by atoms with Crippen LogP contribution in [0.4, 0.5) is 18.9 Å². The molecule has 0 aromatic heterocycles. The molecule has 5 nitrogen and oxygen atoms in total. The van der Waals surface area contributed by atoms with Crippen molar-refractivity contribution in [3.05, 3.63) is 94.0 Å². The Labute approximate surface area is 200 Å². The standard InChI is InChI=1S/C24H20ClF3N2O3S/c1-15-6-9-19(10-7-15)34(32,33)30-14-17-5-3-2-4-16(17)12-22(30)23(31)29-21-13-18(24(26,27)28)8-11-20(21)25/h2-11,13,22H,12,14H2,1H3,(H,29,31)/t22-/m1/s1. The maximum atomic E-state index is 13.5. The number of benzene rings is 3. The molecule has 0 saturated carbocycles. The topological polar surface area (TPSA) is 66.5 Å². The summed E-state index contributed by atoms with van der Waals surface area (Å²) in [5.74, 6) is -0.772. The quantitative estimate of drug-likeness (QED) is 0.511. The van der Waals surface area contributed by atoms with Crippen LogP contribution in [-0.2, 0) is 34.0 Å². The van der Waals surface area contributed by atoms with Crippen LogP contribution in [0.3, 0.4) is 0 Å². The Bertz CT molecular complexity index is 1340. The van der Waals surface area contributed by atoms with Crippen molar-refractivity contribution in [3.63, 3.8) is 0 Å². The Morgan fingerprint density at radius 1 is 1.03 bits per heavy atom. The number of carbonyl (C=O) groups excluding carboxylic acids is 1. The van der Waals surface area contributed by atoms with Crippen LogP contribution in [0.5, 0.6) is 0 Å². The molecule has 1 amide bonds. The number of amides is 1. The fourth-order valence-electron chi connectivity index (χ4n) is 3.83. The molecule has 0 fully saturated rings. The molecule has 4 rings (SSSR count). The third-order valence-corrected chi connectivity index (χ3v) is 7.89. The highest BCUT2D eigenvalue weighted by Gasteiger charge is 2.40. The molecule has 10 heteroatoms. The summed E-state index contributed by atoms with van der Waals surface area (Å²) < 4.78 is 67.5. The van der Waals surface area contributed by atoms with E-state index in [-0.39, 0.29) is 28.6 Å². The number of hydrogen-bond donors (Lipinski definition) is 1. The summed E-state index contributed by atoms with van der Waals surface area (Å²) in [6.45, 7) is 1.77. The van der Waals surface area contributed by atoms with Crippen LogP contribution in [0.2, 0.25) is 5.02 Å². The second-order valence-corrected chi connectivity index (χ2v) is 10.3. The Morgan fingerprint density at radius 2 is 1.68 bits per heavy atom. The molecule has 3 aromatic carbocycles. The summed E-state index contributed by atoms with van der Waals surface area (Å²) >= 11 is 6.03. The van der Waals surface area contributed by atoms with Gasteiger partial charge in [0.1, 0.15) is 6.04 Å². The van der Waals surface area contributed by atoms with E-state index in [1.54, 1.807) is 36.4 Å². The Balaban J connectivity index is 1.72. The molecule has 0 unspecified atom stereocenters. The van der Waals surface area contributed by atoms with Crippen LogP contribution < -0.4 is 5.32 Å². The molecule has 0 radical (unpaired) electrons. The summed E-state index contributed by atoms with van der Waals surface area (Å²) in [5.41, 5.74) is 1.18. The minimum atomic E-state index is -4.63. The average molecular weight is 509 g/mol. The van der Waals surface area contributed by atoms with E-state index in [1.165, 1.54) is 12.1 Å². The van der Waals surface area contributed by atoms with Gasteiger partial charge in [0.15, 0.2) is 0 Å². The molecule has 0 saturated heterocycles. The molecule has 34 heavy (non-hydrogen) atoms. The van der Waals surface area contributed by atoms with Gasteiger partial charge in [-0.05, 0) is 54.8 Å². The molecule has 0 bridgehead atoms. The molecular weight excluding hydrogens is 489 g/mol. The van der Waals surface area contributed by atoms with Gasteiger partial charge >= 0.3 is 6.18 Å². The SMILES string of the molecule is Cc1ccc(S(=O)(=O)N2Cc3ccccc3C[C@@H]2C(=O)Nc2cc(C(F)(F)F)ccc2Cl)cc1. The maximum Gasteiger partial charge on any atom is 0.416 e. The van der Waals surface area contributed by atoms with Gasteiger partial charge in [-0.3, -0.25) is 4.79 Å². The normalized spacial score (nSPS) is 16.7. The zero-order valence-corrected chi connectivity index (χ0v) is 19.5. The zero-order chi connectivity index (χ0) is 24.7. The smallest absolute Gasteiger partial charge is 0.323 e. The van der Waals surface area contributed by atoms with Gasteiger partial charge in [0.25, 0.3) is 0 Å². The van der Waals surface area contributed by atoms with Crippen molar-refractivity contribution in [3.8, 4) is 0 Å². The van der Waals surface area contributed by atoms with E-state index >= 15 is 0 Å². The van der Waals surface area contributed by atoms with Crippen LogP contribution in [0.15, 0.2) is 71.6 Å². The summed E-state index contributed by atoms with van der Waals surface area (Å²) in [6.07, 6.45) is -4.57. The second kappa shape index (κ2) is 9.05. The molecule has 1 heterocycles. The maximum absolute atomic E-state index is 13.5. The van der Waals surface area contributed by atoms with Crippen LogP contribution in [0.1, 0.15) is 22.3 Å². The Kier molecular flexibility index (Phi) is 6.46. The van der Waals surface area contributed by atoms with E-state index < -0.39 is 33.7 Å². The number of nitrogens with one attached hydrogen (secondary N) is 1. The number of halogens is 4. The summed E-state index contributed by atoms with van der Waals surface area (Å²) in [7, 11) is -4.09. The summed E-state index contributed by atoms with van der Waals surface area (Å²) in [5, 5.41) is 2.32. The lowest BCUT2D eigenvalue weighted by molar-refractivity contribution is -0.137. The number of rotatable bonds is 4. The van der Waals surface area contributed by atoms with Gasteiger partial charge in [-0.25, -0.2) is 8.42 Å². The number of anilines is 1. The highest BCUT2D eigenvalue weighted by atomic mass is 35.5. The Morgan fingerprint density at radius 3 is 2.32 bits per heavy atom. The van der Waals surface area contributed by atoms with Gasteiger partial charge in [0, 0.05) is 6.54 Å². The lowest BCUT2D eigenvalue weighted by Crippen LogP contribution is -2.50. The lowest BCUT2D eigenvalue weighted by Gasteiger charge is -2.35. The minimum Gasteiger partial charge on any atom is -0.323 e. The van der Waals surface area contributed by atoms with E-state index in [1.807, 2.05) is 6.92 Å². The summed E-state index contributed by atoms with van der Waals surface area (Å²) in [6, 6.07) is 14.8. The van der Waals surface area contributed by atoms with Crippen molar-refractivity contribution in [1.82, 2.24) is 4.31 Å². The van der Waals surface area contributed by atoms with Crippen LogP contribution >= 0.6 is 11.6 Å². The molecule has 178 valence electrons. The van der Waals surface area contributed by atoms with E-state index in [2.05, 4.69) is 5.32 Å². The lowest BCUT2D eigenvalue weighted by atomic mass is 9.95. The van der Waals surface area contributed by atoms with Crippen molar-refractivity contribution < 1.29 is 26.4 Å². The number of aryl methyl sites for hydroxylation is 1. The Hall–Kier alpha value is -2.88. The number of fused-ring (bicyclic) bond motifs is 1. The second-order valence-electron chi connectivity index (χ2n) is 8.03. The highest BCUT2D eigenvalue weighted by molar-refractivity contribution is 7.89.